The maximum atomic E-state index is 12.1. The van der Waals surface area contributed by atoms with Crippen LogP contribution in [-0.4, -0.2) is 29.0 Å². The van der Waals surface area contributed by atoms with Crippen LogP contribution in [0.2, 0.25) is 0 Å². The van der Waals surface area contributed by atoms with Gasteiger partial charge in [-0.05, 0) is 29.4 Å². The predicted octanol–water partition coefficient (Wildman–Crippen LogP) is 2.92. The highest BCUT2D eigenvalue weighted by atomic mass is 16.3. The largest absolute Gasteiger partial charge is 0.387 e. The molecule has 1 amide bonds. The Balaban J connectivity index is 2.04. The third-order valence-corrected chi connectivity index (χ3v) is 4.38. The van der Waals surface area contributed by atoms with Crippen molar-refractivity contribution in [3.05, 3.63) is 35.4 Å². The van der Waals surface area contributed by atoms with E-state index in [2.05, 4.69) is 20.8 Å². The average molecular weight is 275 g/mol. The van der Waals surface area contributed by atoms with Crippen molar-refractivity contribution in [2.45, 2.75) is 40.2 Å². The molecule has 1 aliphatic heterocycles. The molecule has 1 saturated heterocycles. The third-order valence-electron chi connectivity index (χ3n) is 4.38. The molecule has 110 valence electrons. The number of benzene rings is 1. The lowest BCUT2D eigenvalue weighted by molar-refractivity contribution is -0.129. The zero-order valence-electron chi connectivity index (χ0n) is 12.9. The van der Waals surface area contributed by atoms with Gasteiger partial charge in [0.25, 0.3) is 0 Å². The SMILES string of the molecule is Cc1ccccc1C(O)CN1CC(C(C)(C)C)CC1=O. The monoisotopic (exact) mass is 275 g/mol. The van der Waals surface area contributed by atoms with Crippen LogP contribution in [0.3, 0.4) is 0 Å². The molecule has 20 heavy (non-hydrogen) atoms. The van der Waals surface area contributed by atoms with Gasteiger partial charge >= 0.3 is 0 Å². The maximum absolute atomic E-state index is 12.1. The van der Waals surface area contributed by atoms with Crippen molar-refractivity contribution in [1.29, 1.82) is 0 Å². The number of β-amino-alcohol motifs (C(OH)–C–C–N with tert-alkyl or cyclic N) is 1. The van der Waals surface area contributed by atoms with E-state index in [1.807, 2.05) is 36.1 Å². The molecule has 0 aliphatic carbocycles. The molecule has 0 radical (unpaired) electrons. The Morgan fingerprint density at radius 3 is 2.55 bits per heavy atom. The average Bonchev–Trinajstić information content (AvgIpc) is 2.71. The summed E-state index contributed by atoms with van der Waals surface area (Å²) in [5.41, 5.74) is 2.12. The van der Waals surface area contributed by atoms with Crippen LogP contribution in [-0.2, 0) is 4.79 Å². The van der Waals surface area contributed by atoms with Gasteiger partial charge in [0, 0.05) is 13.0 Å². The van der Waals surface area contributed by atoms with Gasteiger partial charge in [0.2, 0.25) is 5.91 Å². The lowest BCUT2D eigenvalue weighted by Gasteiger charge is -2.27. The van der Waals surface area contributed by atoms with Crippen molar-refractivity contribution in [2.75, 3.05) is 13.1 Å². The van der Waals surface area contributed by atoms with Crippen LogP contribution in [0.5, 0.6) is 0 Å². The van der Waals surface area contributed by atoms with Crippen LogP contribution >= 0.6 is 0 Å². The Morgan fingerprint density at radius 1 is 1.35 bits per heavy atom. The van der Waals surface area contributed by atoms with Crippen LogP contribution in [0, 0.1) is 18.3 Å². The predicted molar refractivity (Wildman–Crippen MR) is 80.3 cm³/mol. The van der Waals surface area contributed by atoms with Crippen LogP contribution in [0.4, 0.5) is 0 Å². The number of likely N-dealkylation sites (tertiary alicyclic amines) is 1. The minimum absolute atomic E-state index is 0.137. The normalized spacial score (nSPS) is 21.4. The van der Waals surface area contributed by atoms with Gasteiger partial charge in [0.15, 0.2) is 0 Å². The second kappa shape index (κ2) is 5.57. The van der Waals surface area contributed by atoms with Crippen molar-refractivity contribution in [2.24, 2.45) is 11.3 Å². The smallest absolute Gasteiger partial charge is 0.223 e. The molecule has 0 aromatic heterocycles. The number of nitrogens with zero attached hydrogens (tertiary/aromatic N) is 1. The van der Waals surface area contributed by atoms with Crippen molar-refractivity contribution in [1.82, 2.24) is 4.90 Å². The first kappa shape index (κ1) is 15.0. The highest BCUT2D eigenvalue weighted by Crippen LogP contribution is 2.35. The molecule has 1 aromatic rings. The Kier molecular flexibility index (Phi) is 4.19. The number of rotatable bonds is 3. The fourth-order valence-electron chi connectivity index (χ4n) is 2.80. The number of aryl methyl sites for hydroxylation is 1. The van der Waals surface area contributed by atoms with Gasteiger partial charge in [0.05, 0.1) is 12.6 Å². The summed E-state index contributed by atoms with van der Waals surface area (Å²) >= 11 is 0. The van der Waals surface area contributed by atoms with Gasteiger partial charge in [-0.15, -0.1) is 0 Å². The van der Waals surface area contributed by atoms with E-state index in [1.165, 1.54) is 0 Å². The lowest BCUT2D eigenvalue weighted by atomic mass is 9.80. The fraction of sp³-hybridized carbons (Fsp3) is 0.588. The number of hydrogen-bond donors (Lipinski definition) is 1. The Bertz CT molecular complexity index is 490. The number of amides is 1. The number of carbonyl (C=O) groups excluding carboxylic acids is 1. The summed E-state index contributed by atoms with van der Waals surface area (Å²) in [6.45, 7) is 9.66. The molecule has 1 heterocycles. The number of aliphatic hydroxyl groups is 1. The zero-order chi connectivity index (χ0) is 14.9. The lowest BCUT2D eigenvalue weighted by Crippen LogP contribution is -2.31. The Labute approximate surface area is 121 Å². The first-order valence-electron chi connectivity index (χ1n) is 7.30. The van der Waals surface area contributed by atoms with Gasteiger partial charge in [-0.1, -0.05) is 45.0 Å². The summed E-state index contributed by atoms with van der Waals surface area (Å²) in [4.78, 5) is 13.9. The first-order chi connectivity index (χ1) is 9.29. The maximum Gasteiger partial charge on any atom is 0.223 e. The van der Waals surface area contributed by atoms with Gasteiger partial charge in [-0.2, -0.15) is 0 Å². The van der Waals surface area contributed by atoms with Crippen molar-refractivity contribution in [3.63, 3.8) is 0 Å². The summed E-state index contributed by atoms with van der Waals surface area (Å²) in [7, 11) is 0. The highest BCUT2D eigenvalue weighted by molar-refractivity contribution is 5.78. The van der Waals surface area contributed by atoms with E-state index in [-0.39, 0.29) is 11.3 Å². The number of hydrogen-bond acceptors (Lipinski definition) is 2. The molecule has 2 rings (SSSR count). The molecule has 0 spiro atoms. The Hall–Kier alpha value is -1.35. The molecule has 3 heteroatoms. The van der Waals surface area contributed by atoms with Gasteiger partial charge in [-0.3, -0.25) is 4.79 Å². The number of aliphatic hydroxyl groups excluding tert-OH is 1. The summed E-state index contributed by atoms with van der Waals surface area (Å²) in [6.07, 6.45) is 0.00291. The van der Waals surface area contributed by atoms with Crippen molar-refractivity contribution in [3.8, 4) is 0 Å². The van der Waals surface area contributed by atoms with Crippen molar-refractivity contribution >= 4 is 5.91 Å². The summed E-state index contributed by atoms with van der Waals surface area (Å²) in [5.74, 6) is 0.539. The van der Waals surface area contributed by atoms with Crippen LogP contribution < -0.4 is 0 Å². The van der Waals surface area contributed by atoms with Crippen LogP contribution in [0.15, 0.2) is 24.3 Å². The zero-order valence-corrected chi connectivity index (χ0v) is 12.9. The van der Waals surface area contributed by atoms with E-state index in [0.29, 0.717) is 18.9 Å². The summed E-state index contributed by atoms with van der Waals surface area (Å²) < 4.78 is 0. The Morgan fingerprint density at radius 2 is 2.00 bits per heavy atom. The van der Waals surface area contributed by atoms with E-state index >= 15 is 0 Å². The standard InChI is InChI=1S/C17H25NO2/c1-12-7-5-6-8-14(12)15(19)11-18-10-13(9-16(18)20)17(2,3)4/h5-8,13,15,19H,9-11H2,1-4H3. The minimum atomic E-state index is -0.598. The quantitative estimate of drug-likeness (QED) is 0.921. The minimum Gasteiger partial charge on any atom is -0.387 e. The summed E-state index contributed by atoms with van der Waals surface area (Å²) in [5, 5.41) is 10.4. The van der Waals surface area contributed by atoms with Gasteiger partial charge < -0.3 is 10.0 Å². The summed E-state index contributed by atoms with van der Waals surface area (Å²) in [6, 6.07) is 7.81. The molecule has 1 aliphatic rings. The first-order valence-corrected chi connectivity index (χ1v) is 7.30. The molecular formula is C17H25NO2. The molecule has 2 atom stereocenters. The number of carbonyl (C=O) groups is 1. The highest BCUT2D eigenvalue weighted by Gasteiger charge is 2.37. The third kappa shape index (κ3) is 3.21. The molecule has 1 aromatic carbocycles. The van der Waals surface area contributed by atoms with Gasteiger partial charge in [0.1, 0.15) is 0 Å². The topological polar surface area (TPSA) is 40.5 Å². The molecule has 1 N–H and O–H groups in total. The fourth-order valence-corrected chi connectivity index (χ4v) is 2.80. The van der Waals surface area contributed by atoms with Crippen LogP contribution in [0.1, 0.15) is 44.4 Å². The molecular weight excluding hydrogens is 250 g/mol. The van der Waals surface area contributed by atoms with E-state index in [9.17, 15) is 9.90 Å². The molecule has 3 nitrogen and oxygen atoms in total. The van der Waals surface area contributed by atoms with Crippen molar-refractivity contribution < 1.29 is 9.90 Å². The second-order valence-electron chi connectivity index (χ2n) is 6.94. The van der Waals surface area contributed by atoms with Crippen LogP contribution in [0.25, 0.3) is 0 Å². The van der Waals surface area contributed by atoms with E-state index in [1.54, 1.807) is 0 Å². The molecule has 0 bridgehead atoms. The molecule has 1 fully saturated rings. The van der Waals surface area contributed by atoms with Gasteiger partial charge in [-0.25, -0.2) is 0 Å². The second-order valence-corrected chi connectivity index (χ2v) is 6.94. The molecule has 0 saturated carbocycles. The van der Waals surface area contributed by atoms with E-state index in [0.717, 1.165) is 17.7 Å². The van der Waals surface area contributed by atoms with E-state index < -0.39 is 6.10 Å². The van der Waals surface area contributed by atoms with E-state index in [4.69, 9.17) is 0 Å². The molecule has 2 unspecified atom stereocenters.